The zero-order chi connectivity index (χ0) is 11.4. The summed E-state index contributed by atoms with van der Waals surface area (Å²) in [6.07, 6.45) is 1.65. The van der Waals surface area contributed by atoms with Crippen molar-refractivity contribution < 1.29 is 0 Å². The highest BCUT2D eigenvalue weighted by molar-refractivity contribution is 9.11. The summed E-state index contributed by atoms with van der Waals surface area (Å²) in [4.78, 5) is -0.546. The Morgan fingerprint density at radius 2 is 1.93 bits per heavy atom. The van der Waals surface area contributed by atoms with Gasteiger partial charge in [0.05, 0.1) is 4.87 Å². The van der Waals surface area contributed by atoms with Gasteiger partial charge in [-0.2, -0.15) is 0 Å². The molecule has 0 radical (unpaired) electrons. The van der Waals surface area contributed by atoms with Crippen LogP contribution >= 0.6 is 55.1 Å². The van der Waals surface area contributed by atoms with Gasteiger partial charge in [-0.1, -0.05) is 55.6 Å². The van der Waals surface area contributed by atoms with Crippen molar-refractivity contribution in [1.29, 1.82) is 0 Å². The minimum absolute atomic E-state index is 0.491. The Kier molecular flexibility index (Phi) is 7.05. The second-order valence-electron chi connectivity index (χ2n) is 3.41. The Balaban J connectivity index is 4.37. The van der Waals surface area contributed by atoms with Crippen LogP contribution in [-0.2, 0) is 0 Å². The molecule has 0 rings (SSSR count). The van der Waals surface area contributed by atoms with Crippen molar-refractivity contribution in [2.45, 2.75) is 31.6 Å². The van der Waals surface area contributed by atoms with Crippen LogP contribution in [0.4, 0.5) is 0 Å². The molecule has 0 aliphatic rings. The van der Waals surface area contributed by atoms with Crippen molar-refractivity contribution in [1.82, 2.24) is 0 Å². The van der Waals surface area contributed by atoms with Gasteiger partial charge in [0.1, 0.15) is 0 Å². The fraction of sp³-hybridized carbons (Fsp3) is 0.600. The molecule has 0 aliphatic heterocycles. The summed E-state index contributed by atoms with van der Waals surface area (Å²) in [6, 6.07) is 0. The van der Waals surface area contributed by atoms with Gasteiger partial charge in [-0.3, -0.25) is 0 Å². The predicted octanol–water partition coefficient (Wildman–Crippen LogP) is 5.58. The minimum atomic E-state index is -0.546. The molecule has 0 saturated heterocycles. The van der Waals surface area contributed by atoms with Crippen LogP contribution in [0.5, 0.6) is 0 Å². The third-order valence-electron chi connectivity index (χ3n) is 1.98. The number of rotatable bonds is 5. The van der Waals surface area contributed by atoms with Gasteiger partial charge in [0, 0.05) is 10.4 Å². The first-order valence-electron chi connectivity index (χ1n) is 4.25. The van der Waals surface area contributed by atoms with Crippen LogP contribution in [0.15, 0.2) is 21.7 Å². The number of allylic oxidation sites excluding steroid dienone is 3. The molecule has 1 atom stereocenters. The van der Waals surface area contributed by atoms with Crippen LogP contribution in [0.3, 0.4) is 0 Å². The highest BCUT2D eigenvalue weighted by Crippen LogP contribution is 2.36. The second kappa shape index (κ2) is 6.57. The lowest BCUT2D eigenvalue weighted by Gasteiger charge is -2.23. The Morgan fingerprint density at radius 3 is 2.21 bits per heavy atom. The molecular formula is C10H14Br2Cl2. The molecular weight excluding hydrogens is 351 g/mol. The molecule has 0 bridgehead atoms. The van der Waals surface area contributed by atoms with Crippen molar-refractivity contribution in [2.24, 2.45) is 0 Å². The molecule has 0 unspecified atom stereocenters. The first-order chi connectivity index (χ1) is 6.33. The molecule has 0 fully saturated rings. The summed E-state index contributed by atoms with van der Waals surface area (Å²) in [7, 11) is 0. The molecule has 0 N–H and O–H groups in total. The van der Waals surface area contributed by atoms with Gasteiger partial charge in [-0.05, 0) is 31.2 Å². The summed E-state index contributed by atoms with van der Waals surface area (Å²) >= 11 is 19.0. The SMILES string of the molecule is C=C(Cl)[C@](Cl)(CBr)CCC(Br)=C(C)C. The normalized spacial score (nSPS) is 14.7. The lowest BCUT2D eigenvalue weighted by atomic mass is 10.0. The molecule has 0 heterocycles. The fourth-order valence-electron chi connectivity index (χ4n) is 0.833. The van der Waals surface area contributed by atoms with Crippen LogP contribution in [0.2, 0.25) is 0 Å². The Morgan fingerprint density at radius 1 is 1.43 bits per heavy atom. The molecule has 0 aliphatic carbocycles. The maximum Gasteiger partial charge on any atom is 0.0894 e. The molecule has 0 amide bonds. The number of alkyl halides is 2. The van der Waals surface area contributed by atoms with Gasteiger partial charge in [-0.15, -0.1) is 11.6 Å². The highest BCUT2D eigenvalue weighted by atomic mass is 79.9. The third-order valence-corrected chi connectivity index (χ3v) is 5.46. The lowest BCUT2D eigenvalue weighted by Crippen LogP contribution is -2.23. The minimum Gasteiger partial charge on any atom is -0.112 e. The summed E-state index contributed by atoms with van der Waals surface area (Å²) in [5, 5.41) is 1.11. The summed E-state index contributed by atoms with van der Waals surface area (Å²) in [5.74, 6) is 0. The molecule has 4 heteroatoms. The van der Waals surface area contributed by atoms with E-state index in [4.69, 9.17) is 23.2 Å². The maximum atomic E-state index is 6.29. The largest absolute Gasteiger partial charge is 0.112 e. The first kappa shape index (κ1) is 15.0. The van der Waals surface area contributed by atoms with E-state index in [1.807, 2.05) is 0 Å². The monoisotopic (exact) mass is 362 g/mol. The van der Waals surface area contributed by atoms with Gasteiger partial charge in [0.25, 0.3) is 0 Å². The summed E-state index contributed by atoms with van der Waals surface area (Å²) in [6.45, 7) is 7.81. The van der Waals surface area contributed by atoms with E-state index in [1.165, 1.54) is 10.1 Å². The quantitative estimate of drug-likeness (QED) is 0.558. The van der Waals surface area contributed by atoms with E-state index in [-0.39, 0.29) is 0 Å². The zero-order valence-electron chi connectivity index (χ0n) is 8.34. The van der Waals surface area contributed by atoms with Gasteiger partial charge < -0.3 is 0 Å². The topological polar surface area (TPSA) is 0 Å². The first-order valence-corrected chi connectivity index (χ1v) is 6.92. The average Bonchev–Trinajstić information content (AvgIpc) is 2.12. The summed E-state index contributed by atoms with van der Waals surface area (Å²) < 4.78 is 1.18. The molecule has 14 heavy (non-hydrogen) atoms. The number of hydrogen-bond donors (Lipinski definition) is 0. The van der Waals surface area contributed by atoms with Crippen LogP contribution in [-0.4, -0.2) is 10.2 Å². The van der Waals surface area contributed by atoms with Crippen molar-refractivity contribution in [3.05, 3.63) is 21.7 Å². The van der Waals surface area contributed by atoms with E-state index >= 15 is 0 Å². The molecule has 0 aromatic carbocycles. The summed E-state index contributed by atoms with van der Waals surface area (Å²) in [5.41, 5.74) is 1.26. The molecule has 0 spiro atoms. The molecule has 0 saturated carbocycles. The van der Waals surface area contributed by atoms with Crippen LogP contribution in [0.25, 0.3) is 0 Å². The van der Waals surface area contributed by atoms with Gasteiger partial charge in [0.15, 0.2) is 0 Å². The van der Waals surface area contributed by atoms with Crippen LogP contribution < -0.4 is 0 Å². The van der Waals surface area contributed by atoms with Crippen LogP contribution in [0, 0.1) is 0 Å². The Hall–Kier alpha value is 1.02. The third kappa shape index (κ3) is 4.69. The highest BCUT2D eigenvalue weighted by Gasteiger charge is 2.28. The van der Waals surface area contributed by atoms with Gasteiger partial charge in [0.2, 0.25) is 0 Å². The zero-order valence-corrected chi connectivity index (χ0v) is 13.0. The predicted molar refractivity (Wildman–Crippen MR) is 73.9 cm³/mol. The Labute approximate surface area is 113 Å². The second-order valence-corrected chi connectivity index (χ2v) is 6.11. The van der Waals surface area contributed by atoms with Gasteiger partial charge in [-0.25, -0.2) is 0 Å². The van der Waals surface area contributed by atoms with Gasteiger partial charge >= 0.3 is 0 Å². The average molecular weight is 365 g/mol. The number of hydrogen-bond acceptors (Lipinski definition) is 0. The van der Waals surface area contributed by atoms with Crippen molar-refractivity contribution in [3.8, 4) is 0 Å². The van der Waals surface area contributed by atoms with Crippen molar-refractivity contribution in [2.75, 3.05) is 5.33 Å². The van der Waals surface area contributed by atoms with Crippen molar-refractivity contribution in [3.63, 3.8) is 0 Å². The van der Waals surface area contributed by atoms with E-state index in [2.05, 4.69) is 52.3 Å². The molecule has 82 valence electrons. The van der Waals surface area contributed by atoms with E-state index in [0.29, 0.717) is 10.4 Å². The van der Waals surface area contributed by atoms with Crippen molar-refractivity contribution >= 4 is 55.1 Å². The van der Waals surface area contributed by atoms with E-state index < -0.39 is 4.87 Å². The van der Waals surface area contributed by atoms with E-state index in [1.54, 1.807) is 0 Å². The van der Waals surface area contributed by atoms with Crippen LogP contribution in [0.1, 0.15) is 26.7 Å². The molecule has 0 aromatic heterocycles. The van der Waals surface area contributed by atoms with E-state index in [9.17, 15) is 0 Å². The lowest BCUT2D eigenvalue weighted by molar-refractivity contribution is 0.696. The fourth-order valence-corrected chi connectivity index (χ4v) is 2.07. The molecule has 0 nitrogen and oxygen atoms in total. The molecule has 0 aromatic rings. The smallest absolute Gasteiger partial charge is 0.0894 e. The maximum absolute atomic E-state index is 6.29. The number of halogens is 4. The standard InChI is InChI=1S/C10H14Br2Cl2/c1-7(2)9(12)4-5-10(14,6-11)8(3)13/h3-6H2,1-2H3/t10-/m1/s1. The Bertz CT molecular complexity index is 245. The van der Waals surface area contributed by atoms with E-state index in [0.717, 1.165) is 12.8 Å².